The monoisotopic (exact) mass is 266 g/mol. The van der Waals surface area contributed by atoms with Crippen LogP contribution in [0.1, 0.15) is 37.0 Å². The number of esters is 1. The lowest BCUT2D eigenvalue weighted by atomic mass is 9.95. The van der Waals surface area contributed by atoms with Gasteiger partial charge in [0.2, 0.25) is 0 Å². The van der Waals surface area contributed by atoms with E-state index >= 15 is 0 Å². The van der Waals surface area contributed by atoms with Gasteiger partial charge >= 0.3 is 5.97 Å². The van der Waals surface area contributed by atoms with Crippen LogP contribution < -0.4 is 0 Å². The Morgan fingerprint density at radius 1 is 1.40 bits per heavy atom. The van der Waals surface area contributed by atoms with Gasteiger partial charge in [0.05, 0.1) is 0 Å². The Morgan fingerprint density at radius 3 is 3.00 bits per heavy atom. The highest BCUT2D eigenvalue weighted by Gasteiger charge is 2.33. The summed E-state index contributed by atoms with van der Waals surface area (Å²) < 4.78 is 5.58. The van der Waals surface area contributed by atoms with Gasteiger partial charge in [0.25, 0.3) is 0 Å². The molecule has 1 aromatic rings. The Kier molecular flexibility index (Phi) is 3.31. The van der Waals surface area contributed by atoms with Crippen LogP contribution >= 0.6 is 0 Å². The van der Waals surface area contributed by atoms with Gasteiger partial charge in [-0.25, -0.2) is 4.79 Å². The summed E-state index contributed by atoms with van der Waals surface area (Å²) in [5.74, 6) is 0.241. The predicted molar refractivity (Wildman–Crippen MR) is 79.9 cm³/mol. The van der Waals surface area contributed by atoms with Gasteiger partial charge < -0.3 is 4.74 Å². The zero-order valence-corrected chi connectivity index (χ0v) is 11.6. The Balaban J connectivity index is 2.08. The SMILES string of the molecule is C=CC(=O)OC1C2=C(C[C@@H](C)CC=C2)c2ccccc21. The van der Waals surface area contributed by atoms with Crippen molar-refractivity contribution in [2.45, 2.75) is 25.9 Å². The summed E-state index contributed by atoms with van der Waals surface area (Å²) in [5.41, 5.74) is 4.77. The Morgan fingerprint density at radius 2 is 2.20 bits per heavy atom. The van der Waals surface area contributed by atoms with E-state index in [1.807, 2.05) is 18.2 Å². The standard InChI is InChI=1S/C18H18O2/c1-3-17(19)20-18-14-9-5-4-8-13(14)16-11-12(2)7-6-10-15(16)18/h3-6,8-10,12,18H,1,7,11H2,2H3/t12-,18?/m0/s1. The maximum absolute atomic E-state index is 11.6. The third-order valence-electron chi connectivity index (χ3n) is 3.99. The summed E-state index contributed by atoms with van der Waals surface area (Å²) in [6, 6.07) is 8.20. The highest BCUT2D eigenvalue weighted by Crippen LogP contribution is 2.47. The van der Waals surface area contributed by atoms with Gasteiger partial charge in [0.1, 0.15) is 0 Å². The maximum atomic E-state index is 11.6. The smallest absolute Gasteiger partial charge is 0.331 e. The van der Waals surface area contributed by atoms with Gasteiger partial charge in [-0.1, -0.05) is 49.9 Å². The highest BCUT2D eigenvalue weighted by molar-refractivity contribution is 5.85. The van der Waals surface area contributed by atoms with Crippen LogP contribution in [0.3, 0.4) is 0 Å². The Bertz CT molecular complexity index is 622. The van der Waals surface area contributed by atoms with Crippen LogP contribution in [0.4, 0.5) is 0 Å². The van der Waals surface area contributed by atoms with Crippen molar-refractivity contribution in [1.29, 1.82) is 0 Å². The third kappa shape index (κ3) is 2.11. The van der Waals surface area contributed by atoms with E-state index in [2.05, 4.69) is 31.7 Å². The molecule has 102 valence electrons. The number of carbonyl (C=O) groups excluding carboxylic acids is 1. The fraction of sp³-hybridized carbons (Fsp3) is 0.278. The molecule has 0 aromatic heterocycles. The molecule has 3 rings (SSSR count). The molecule has 2 aliphatic carbocycles. The van der Waals surface area contributed by atoms with Crippen molar-refractivity contribution in [3.8, 4) is 0 Å². The molecule has 0 saturated carbocycles. The molecule has 0 N–H and O–H groups in total. The van der Waals surface area contributed by atoms with Crippen LogP contribution in [0.25, 0.3) is 5.57 Å². The van der Waals surface area contributed by atoms with Gasteiger partial charge in [-0.05, 0) is 29.9 Å². The average molecular weight is 266 g/mol. The molecule has 2 aliphatic rings. The molecule has 0 bridgehead atoms. The van der Waals surface area contributed by atoms with Crippen molar-refractivity contribution >= 4 is 11.5 Å². The number of fused-ring (bicyclic) bond motifs is 2. The molecular formula is C18H18O2. The van der Waals surface area contributed by atoms with E-state index in [9.17, 15) is 4.79 Å². The molecule has 0 amide bonds. The quantitative estimate of drug-likeness (QED) is 0.592. The van der Waals surface area contributed by atoms with E-state index in [1.165, 1.54) is 17.2 Å². The number of allylic oxidation sites excluding steroid dienone is 2. The number of benzene rings is 1. The van der Waals surface area contributed by atoms with Gasteiger partial charge in [0, 0.05) is 17.2 Å². The topological polar surface area (TPSA) is 26.3 Å². The molecule has 0 saturated heterocycles. The van der Waals surface area contributed by atoms with Crippen molar-refractivity contribution < 1.29 is 9.53 Å². The molecular weight excluding hydrogens is 248 g/mol. The molecule has 0 fully saturated rings. The van der Waals surface area contributed by atoms with E-state index in [4.69, 9.17) is 4.74 Å². The van der Waals surface area contributed by atoms with Crippen molar-refractivity contribution in [2.75, 3.05) is 0 Å². The Labute approximate surface area is 119 Å². The lowest BCUT2D eigenvalue weighted by molar-refractivity contribution is -0.141. The fourth-order valence-corrected chi connectivity index (χ4v) is 3.05. The lowest BCUT2D eigenvalue weighted by Gasteiger charge is -2.14. The number of hydrogen-bond acceptors (Lipinski definition) is 2. The lowest BCUT2D eigenvalue weighted by Crippen LogP contribution is -2.08. The average Bonchev–Trinajstić information content (AvgIpc) is 2.61. The van der Waals surface area contributed by atoms with Crippen molar-refractivity contribution in [2.24, 2.45) is 5.92 Å². The summed E-state index contributed by atoms with van der Waals surface area (Å²) in [5, 5.41) is 0. The van der Waals surface area contributed by atoms with Crippen molar-refractivity contribution in [3.63, 3.8) is 0 Å². The van der Waals surface area contributed by atoms with E-state index in [0.717, 1.165) is 24.0 Å². The second-order valence-corrected chi connectivity index (χ2v) is 5.49. The van der Waals surface area contributed by atoms with Crippen LogP contribution in [0, 0.1) is 5.92 Å². The minimum absolute atomic E-state index is 0.284. The van der Waals surface area contributed by atoms with Crippen LogP contribution in [-0.4, -0.2) is 5.97 Å². The fourth-order valence-electron chi connectivity index (χ4n) is 3.05. The molecule has 1 unspecified atom stereocenters. The second kappa shape index (κ2) is 5.12. The number of hydrogen-bond donors (Lipinski definition) is 0. The minimum Gasteiger partial charge on any atom is -0.449 e. The summed E-state index contributed by atoms with van der Waals surface area (Å²) in [7, 11) is 0. The zero-order valence-electron chi connectivity index (χ0n) is 11.6. The molecule has 0 heterocycles. The summed E-state index contributed by atoms with van der Waals surface area (Å²) in [6.45, 7) is 5.74. The van der Waals surface area contributed by atoms with E-state index in [-0.39, 0.29) is 12.1 Å². The predicted octanol–water partition coefficient (Wildman–Crippen LogP) is 4.21. The van der Waals surface area contributed by atoms with Gasteiger partial charge in [-0.3, -0.25) is 0 Å². The van der Waals surface area contributed by atoms with E-state index in [0.29, 0.717) is 5.92 Å². The minimum atomic E-state index is -0.371. The summed E-state index contributed by atoms with van der Waals surface area (Å²) in [4.78, 5) is 11.6. The van der Waals surface area contributed by atoms with Crippen LogP contribution in [0.15, 0.2) is 54.6 Å². The number of ether oxygens (including phenoxy) is 1. The first kappa shape index (κ1) is 12.9. The summed E-state index contributed by atoms with van der Waals surface area (Å²) >= 11 is 0. The number of carbonyl (C=O) groups is 1. The first-order chi connectivity index (χ1) is 9.70. The zero-order chi connectivity index (χ0) is 14.1. The molecule has 0 aliphatic heterocycles. The molecule has 2 atom stereocenters. The van der Waals surface area contributed by atoms with E-state index in [1.54, 1.807) is 0 Å². The van der Waals surface area contributed by atoms with Crippen molar-refractivity contribution in [1.82, 2.24) is 0 Å². The molecule has 2 nitrogen and oxygen atoms in total. The highest BCUT2D eigenvalue weighted by atomic mass is 16.5. The number of rotatable bonds is 2. The largest absolute Gasteiger partial charge is 0.449 e. The van der Waals surface area contributed by atoms with Crippen LogP contribution in [0.5, 0.6) is 0 Å². The first-order valence-electron chi connectivity index (χ1n) is 7.02. The van der Waals surface area contributed by atoms with Crippen LogP contribution in [0.2, 0.25) is 0 Å². The van der Waals surface area contributed by atoms with Gasteiger partial charge in [-0.15, -0.1) is 0 Å². The summed E-state index contributed by atoms with van der Waals surface area (Å²) in [6.07, 6.45) is 7.35. The van der Waals surface area contributed by atoms with Gasteiger partial charge in [0.15, 0.2) is 6.10 Å². The van der Waals surface area contributed by atoms with E-state index < -0.39 is 0 Å². The third-order valence-corrected chi connectivity index (χ3v) is 3.99. The molecule has 20 heavy (non-hydrogen) atoms. The molecule has 0 spiro atoms. The van der Waals surface area contributed by atoms with Crippen molar-refractivity contribution in [3.05, 3.63) is 65.8 Å². The molecule has 1 aromatic carbocycles. The second-order valence-electron chi connectivity index (χ2n) is 5.49. The molecule has 0 radical (unpaired) electrons. The normalized spacial score (nSPS) is 23.9. The maximum Gasteiger partial charge on any atom is 0.331 e. The Hall–Kier alpha value is -2.09. The van der Waals surface area contributed by atoms with Crippen LogP contribution in [-0.2, 0) is 9.53 Å². The first-order valence-corrected chi connectivity index (χ1v) is 7.02. The molecule has 2 heteroatoms. The van der Waals surface area contributed by atoms with Gasteiger partial charge in [-0.2, -0.15) is 0 Å².